The van der Waals surface area contributed by atoms with Crippen LogP contribution in [0.4, 0.5) is 0 Å². The first kappa shape index (κ1) is 15.0. The van der Waals surface area contributed by atoms with Gasteiger partial charge in [0.15, 0.2) is 0 Å². The highest BCUT2D eigenvalue weighted by atomic mass is 16.5. The number of rotatable bonds is 5. The molecule has 5 heteroatoms. The monoisotopic (exact) mass is 279 g/mol. The molecular weight excluding hydrogens is 254 g/mol. The number of ether oxygens (including phenoxy) is 2. The van der Waals surface area contributed by atoms with Crippen molar-refractivity contribution in [1.82, 2.24) is 15.3 Å². The highest BCUT2D eigenvalue weighted by Gasteiger charge is 2.67. The minimum absolute atomic E-state index is 0.119. The molecule has 1 saturated carbocycles. The summed E-state index contributed by atoms with van der Waals surface area (Å²) >= 11 is 0. The Morgan fingerprint density at radius 3 is 2.15 bits per heavy atom. The molecule has 20 heavy (non-hydrogen) atoms. The molecule has 0 saturated heterocycles. The lowest BCUT2D eigenvalue weighted by Crippen LogP contribution is -2.23. The van der Waals surface area contributed by atoms with E-state index in [1.165, 1.54) is 0 Å². The van der Waals surface area contributed by atoms with Gasteiger partial charge in [-0.15, -0.1) is 0 Å². The maximum Gasteiger partial charge on any atom is 0.240 e. The van der Waals surface area contributed by atoms with Crippen LogP contribution in [-0.4, -0.2) is 31.2 Å². The molecule has 1 heterocycles. The number of nitrogens with one attached hydrogen (secondary N) is 1. The minimum Gasteiger partial charge on any atom is -0.480 e. The highest BCUT2D eigenvalue weighted by molar-refractivity contribution is 5.30. The lowest BCUT2D eigenvalue weighted by atomic mass is 10.0. The summed E-state index contributed by atoms with van der Waals surface area (Å²) in [7, 11) is 5.15. The number of aromatic nitrogens is 2. The molecule has 1 fully saturated rings. The van der Waals surface area contributed by atoms with Crippen LogP contribution in [0.15, 0.2) is 6.20 Å². The van der Waals surface area contributed by atoms with Gasteiger partial charge in [-0.25, -0.2) is 4.98 Å². The average molecular weight is 279 g/mol. The molecule has 1 aromatic rings. The number of methoxy groups -OCH3 is 2. The summed E-state index contributed by atoms with van der Waals surface area (Å²) in [6.07, 6.45) is 1.64. The molecule has 0 radical (unpaired) electrons. The molecule has 1 atom stereocenters. The van der Waals surface area contributed by atoms with Crippen LogP contribution in [0.25, 0.3) is 0 Å². The van der Waals surface area contributed by atoms with Gasteiger partial charge in [-0.2, -0.15) is 4.98 Å². The summed E-state index contributed by atoms with van der Waals surface area (Å²) in [6, 6.07) is 0.119. The first-order valence-electron chi connectivity index (χ1n) is 6.93. The molecule has 0 spiro atoms. The summed E-state index contributed by atoms with van der Waals surface area (Å²) < 4.78 is 10.5. The van der Waals surface area contributed by atoms with Crippen molar-refractivity contribution in [3.63, 3.8) is 0 Å². The van der Waals surface area contributed by atoms with Crippen molar-refractivity contribution >= 4 is 0 Å². The summed E-state index contributed by atoms with van der Waals surface area (Å²) in [6.45, 7) is 9.19. The zero-order chi connectivity index (χ0) is 15.1. The Kier molecular flexibility index (Phi) is 3.67. The Labute approximate surface area is 121 Å². The lowest BCUT2D eigenvalue weighted by Gasteiger charge is -2.20. The van der Waals surface area contributed by atoms with Crippen LogP contribution < -0.4 is 14.8 Å². The van der Waals surface area contributed by atoms with E-state index in [2.05, 4.69) is 43.0 Å². The molecule has 5 nitrogen and oxygen atoms in total. The Hall–Kier alpha value is -1.36. The van der Waals surface area contributed by atoms with Crippen LogP contribution in [0.3, 0.4) is 0 Å². The molecular formula is C15H25N3O2. The minimum atomic E-state index is 0.119. The Morgan fingerprint density at radius 2 is 1.75 bits per heavy atom. The van der Waals surface area contributed by atoms with Gasteiger partial charge in [0.05, 0.1) is 26.5 Å². The first-order chi connectivity index (χ1) is 9.31. The molecule has 0 bridgehead atoms. The molecule has 1 aromatic heterocycles. The van der Waals surface area contributed by atoms with Crippen molar-refractivity contribution in [2.45, 2.75) is 33.7 Å². The molecule has 0 aliphatic heterocycles. The smallest absolute Gasteiger partial charge is 0.240 e. The Bertz CT molecular complexity index is 486. The van der Waals surface area contributed by atoms with E-state index in [4.69, 9.17) is 9.47 Å². The summed E-state index contributed by atoms with van der Waals surface area (Å²) in [5, 5.41) is 3.38. The molecule has 0 aromatic carbocycles. The fourth-order valence-corrected chi connectivity index (χ4v) is 3.37. The van der Waals surface area contributed by atoms with E-state index in [0.717, 1.165) is 5.69 Å². The Balaban J connectivity index is 2.39. The number of nitrogens with zero attached hydrogens (tertiary/aromatic N) is 2. The third-order valence-electron chi connectivity index (χ3n) is 5.22. The van der Waals surface area contributed by atoms with Crippen molar-refractivity contribution in [3.8, 4) is 11.8 Å². The largest absolute Gasteiger partial charge is 0.480 e. The van der Waals surface area contributed by atoms with E-state index in [0.29, 0.717) is 17.7 Å². The zero-order valence-electron chi connectivity index (χ0n) is 13.4. The van der Waals surface area contributed by atoms with E-state index in [9.17, 15) is 0 Å². The fraction of sp³-hybridized carbons (Fsp3) is 0.733. The van der Waals surface area contributed by atoms with E-state index in [1.807, 2.05) is 7.05 Å². The normalized spacial score (nSPS) is 21.4. The molecule has 0 amide bonds. The highest BCUT2D eigenvalue weighted by Crippen LogP contribution is 2.72. The van der Waals surface area contributed by atoms with Gasteiger partial charge in [-0.3, -0.25) is 0 Å². The number of hydrogen-bond acceptors (Lipinski definition) is 5. The van der Waals surface area contributed by atoms with Crippen LogP contribution >= 0.6 is 0 Å². The van der Waals surface area contributed by atoms with Crippen molar-refractivity contribution in [3.05, 3.63) is 11.9 Å². The van der Waals surface area contributed by atoms with Crippen LogP contribution in [0.1, 0.15) is 39.4 Å². The fourth-order valence-electron chi connectivity index (χ4n) is 3.37. The van der Waals surface area contributed by atoms with Gasteiger partial charge in [-0.1, -0.05) is 27.7 Å². The van der Waals surface area contributed by atoms with Gasteiger partial charge < -0.3 is 14.8 Å². The summed E-state index contributed by atoms with van der Waals surface area (Å²) in [5.41, 5.74) is 1.36. The van der Waals surface area contributed by atoms with Gasteiger partial charge >= 0.3 is 0 Å². The van der Waals surface area contributed by atoms with Crippen molar-refractivity contribution < 1.29 is 9.47 Å². The van der Waals surface area contributed by atoms with Crippen molar-refractivity contribution in [2.24, 2.45) is 16.7 Å². The van der Waals surface area contributed by atoms with Crippen molar-refractivity contribution in [2.75, 3.05) is 21.3 Å². The SMILES string of the molecule is CNC(c1ncc(OC)nc1OC)C1C(C)(C)C1(C)C. The van der Waals surface area contributed by atoms with Crippen molar-refractivity contribution in [1.29, 1.82) is 0 Å². The molecule has 2 rings (SSSR count). The first-order valence-corrected chi connectivity index (χ1v) is 6.93. The van der Waals surface area contributed by atoms with Gasteiger partial charge in [-0.05, 0) is 23.8 Å². The third-order valence-corrected chi connectivity index (χ3v) is 5.22. The maximum atomic E-state index is 5.39. The maximum absolute atomic E-state index is 5.39. The molecule has 112 valence electrons. The summed E-state index contributed by atoms with van der Waals surface area (Å²) in [4.78, 5) is 8.85. The molecule has 1 aliphatic carbocycles. The number of hydrogen-bond donors (Lipinski definition) is 1. The van der Waals surface area contributed by atoms with Crippen LogP contribution in [0.5, 0.6) is 11.8 Å². The van der Waals surface area contributed by atoms with E-state index >= 15 is 0 Å². The standard InChI is InChI=1S/C15H25N3O2/c1-14(2)12(15(14,3)4)10(16-5)11-13(20-7)18-9(19-6)8-17-11/h8,10,12,16H,1-7H3. The summed E-state index contributed by atoms with van der Waals surface area (Å²) in [5.74, 6) is 1.48. The Morgan fingerprint density at radius 1 is 1.15 bits per heavy atom. The third kappa shape index (κ3) is 2.04. The van der Waals surface area contributed by atoms with Gasteiger partial charge in [0, 0.05) is 0 Å². The average Bonchev–Trinajstić information content (AvgIpc) is 2.82. The van der Waals surface area contributed by atoms with Crippen LogP contribution in [0, 0.1) is 16.7 Å². The van der Waals surface area contributed by atoms with E-state index in [1.54, 1.807) is 20.4 Å². The van der Waals surface area contributed by atoms with Crippen LogP contribution in [-0.2, 0) is 0 Å². The second-order valence-corrected chi connectivity index (χ2v) is 6.49. The van der Waals surface area contributed by atoms with Gasteiger partial charge in [0.2, 0.25) is 11.8 Å². The van der Waals surface area contributed by atoms with E-state index < -0.39 is 0 Å². The van der Waals surface area contributed by atoms with Crippen LogP contribution in [0.2, 0.25) is 0 Å². The topological polar surface area (TPSA) is 56.3 Å². The van der Waals surface area contributed by atoms with Gasteiger partial charge in [0.25, 0.3) is 0 Å². The predicted octanol–water partition coefficient (Wildman–Crippen LogP) is 2.44. The predicted molar refractivity (Wildman–Crippen MR) is 78.0 cm³/mol. The van der Waals surface area contributed by atoms with E-state index in [-0.39, 0.29) is 16.9 Å². The second-order valence-electron chi connectivity index (χ2n) is 6.49. The molecule has 1 unspecified atom stereocenters. The molecule has 1 N–H and O–H groups in total. The zero-order valence-corrected chi connectivity index (χ0v) is 13.4. The quantitative estimate of drug-likeness (QED) is 0.897. The van der Waals surface area contributed by atoms with Gasteiger partial charge in [0.1, 0.15) is 5.69 Å². The lowest BCUT2D eigenvalue weighted by molar-refractivity contribution is 0.339. The second kappa shape index (κ2) is 4.88. The molecule has 1 aliphatic rings.